The number of fused-ring (bicyclic) bond motifs is 14. The van der Waals surface area contributed by atoms with Gasteiger partial charge in [0, 0.05) is 71.2 Å². The van der Waals surface area contributed by atoms with Gasteiger partial charge in [-0.3, -0.25) is 0 Å². The van der Waals surface area contributed by atoms with Gasteiger partial charge in [0.05, 0.1) is 66.6 Å². The van der Waals surface area contributed by atoms with Gasteiger partial charge in [-0.15, -0.1) is 0 Å². The van der Waals surface area contributed by atoms with E-state index in [1.54, 1.807) is 30.3 Å². The highest BCUT2D eigenvalue weighted by atomic mass is 19.4. The van der Waals surface area contributed by atoms with Crippen LogP contribution in [0.3, 0.4) is 0 Å². The standard InChI is InChI=1S/C71H41F6N7/c72-70(73,74)43-32-38-61(83-59-30-16-12-26-49(59)53-36-34-51-47-24-10-14-28-57(47)81(63(51)65(53)83)45-20-6-2-7-21-45)55(40-43)68-78-67(42-18-4-1-5-19-42)79-69(80-68)56-41-44(71(75,76)77)33-39-62(56)84-60-31-17-13-27-50(60)54-37-35-52-48-25-11-15-29-58(48)82(64(52)66(54)84)46-22-8-3-9-23-46/h1-41H. The van der Waals surface area contributed by atoms with E-state index in [1.165, 1.54) is 12.1 Å². The lowest BCUT2D eigenvalue weighted by Crippen LogP contribution is -2.10. The highest BCUT2D eigenvalue weighted by Gasteiger charge is 2.35. The van der Waals surface area contributed by atoms with E-state index >= 15 is 26.3 Å². The van der Waals surface area contributed by atoms with Gasteiger partial charge in [-0.1, -0.05) is 164 Å². The minimum absolute atomic E-state index is 0.0324. The predicted octanol–water partition coefficient (Wildman–Crippen LogP) is 19.3. The number of aromatic nitrogens is 7. The second-order valence-electron chi connectivity index (χ2n) is 20.9. The SMILES string of the molecule is FC(F)(F)c1ccc(-n2c3ccccc3c3ccc4c5ccccc5n(-c5ccccc5)c4c32)c(-c2nc(-c3ccccc3)nc(-c3cc(C(F)(F)F)ccc3-n3c4ccccc4c4ccc5c6ccccc6n(-c6ccccc6)c5c43)n2)c1. The fraction of sp³-hybridized carbons (Fsp3) is 0.0282. The van der Waals surface area contributed by atoms with E-state index in [2.05, 4.69) is 45.5 Å². The molecule has 84 heavy (non-hydrogen) atoms. The summed E-state index contributed by atoms with van der Waals surface area (Å²) in [5.41, 5.74) is 7.03. The van der Waals surface area contributed by atoms with Crippen LogP contribution in [0, 0.1) is 0 Å². The van der Waals surface area contributed by atoms with Crippen molar-refractivity contribution < 1.29 is 26.3 Å². The van der Waals surface area contributed by atoms with Gasteiger partial charge in [0.25, 0.3) is 0 Å². The molecule has 0 aliphatic rings. The molecule has 7 nitrogen and oxygen atoms in total. The first kappa shape index (κ1) is 49.1. The molecule has 0 fully saturated rings. The molecule has 11 aromatic carbocycles. The maximum absolute atomic E-state index is 15.5. The summed E-state index contributed by atoms with van der Waals surface area (Å²) in [6, 6.07) is 75.6. The first-order valence-electron chi connectivity index (χ1n) is 27.2. The molecule has 0 aliphatic heterocycles. The Morgan fingerprint density at radius 3 is 0.917 bits per heavy atom. The monoisotopic (exact) mass is 1110 g/mol. The van der Waals surface area contributed by atoms with Gasteiger partial charge in [-0.05, 0) is 84.9 Å². The Hall–Kier alpha value is -10.8. The van der Waals surface area contributed by atoms with Crippen molar-refractivity contribution >= 4 is 87.2 Å². The van der Waals surface area contributed by atoms with Crippen molar-refractivity contribution in [2.45, 2.75) is 12.4 Å². The second-order valence-corrected chi connectivity index (χ2v) is 20.9. The maximum atomic E-state index is 15.5. The van der Waals surface area contributed by atoms with Crippen LogP contribution in [0.25, 0.3) is 144 Å². The van der Waals surface area contributed by atoms with Crippen LogP contribution in [0.1, 0.15) is 11.1 Å². The molecule has 0 unspecified atom stereocenters. The minimum Gasteiger partial charge on any atom is -0.307 e. The molecule has 0 saturated carbocycles. The molecule has 13 heteroatoms. The first-order chi connectivity index (χ1) is 41.0. The van der Waals surface area contributed by atoms with E-state index in [4.69, 9.17) is 15.0 Å². The van der Waals surface area contributed by atoms with E-state index < -0.39 is 23.5 Å². The van der Waals surface area contributed by atoms with Crippen LogP contribution in [-0.4, -0.2) is 33.2 Å². The van der Waals surface area contributed by atoms with Crippen LogP contribution < -0.4 is 0 Å². The number of benzene rings is 11. The van der Waals surface area contributed by atoms with Gasteiger partial charge in [-0.2, -0.15) is 26.3 Å². The summed E-state index contributed by atoms with van der Waals surface area (Å²) in [4.78, 5) is 15.2. The minimum atomic E-state index is -4.84. The Morgan fingerprint density at radius 1 is 0.262 bits per heavy atom. The second kappa shape index (κ2) is 18.4. The summed E-state index contributed by atoms with van der Waals surface area (Å²) in [6.45, 7) is 0. The van der Waals surface area contributed by atoms with Gasteiger partial charge in [0.15, 0.2) is 17.5 Å². The molecule has 5 heterocycles. The van der Waals surface area contributed by atoms with Gasteiger partial charge >= 0.3 is 12.4 Å². The normalized spacial score (nSPS) is 12.4. The van der Waals surface area contributed by atoms with E-state index in [-0.39, 0.29) is 28.6 Å². The Balaban J connectivity index is 1.04. The van der Waals surface area contributed by atoms with E-state index in [9.17, 15) is 0 Å². The molecular formula is C71H41F6N7. The Morgan fingerprint density at radius 2 is 0.560 bits per heavy atom. The van der Waals surface area contributed by atoms with Gasteiger partial charge in [-0.25, -0.2) is 15.0 Å². The van der Waals surface area contributed by atoms with E-state index in [0.717, 1.165) is 101 Å². The highest BCUT2D eigenvalue weighted by molar-refractivity contribution is 6.25. The number of alkyl halides is 6. The molecule has 5 aromatic heterocycles. The fourth-order valence-electron chi connectivity index (χ4n) is 12.7. The number of para-hydroxylation sites is 6. The number of hydrogen-bond donors (Lipinski definition) is 0. The van der Waals surface area contributed by atoms with Crippen LogP contribution in [0.2, 0.25) is 0 Å². The summed E-state index contributed by atoms with van der Waals surface area (Å²) in [5, 5.41) is 7.13. The number of halogens is 6. The van der Waals surface area contributed by atoms with E-state index in [0.29, 0.717) is 39.0 Å². The van der Waals surface area contributed by atoms with Crippen molar-refractivity contribution in [3.8, 4) is 56.9 Å². The third kappa shape index (κ3) is 7.44. The van der Waals surface area contributed by atoms with Crippen molar-refractivity contribution in [1.29, 1.82) is 0 Å². The molecule has 0 N–H and O–H groups in total. The third-order valence-corrected chi connectivity index (χ3v) is 16.2. The zero-order valence-electron chi connectivity index (χ0n) is 44.1. The van der Waals surface area contributed by atoms with Crippen molar-refractivity contribution in [3.63, 3.8) is 0 Å². The summed E-state index contributed by atoms with van der Waals surface area (Å²) in [7, 11) is 0. The van der Waals surface area contributed by atoms with Crippen LogP contribution in [0.4, 0.5) is 26.3 Å². The van der Waals surface area contributed by atoms with Crippen LogP contribution in [-0.2, 0) is 12.4 Å². The zero-order valence-corrected chi connectivity index (χ0v) is 44.1. The Labute approximate surface area is 473 Å². The topological polar surface area (TPSA) is 58.4 Å². The van der Waals surface area contributed by atoms with Crippen LogP contribution >= 0.6 is 0 Å². The fourth-order valence-corrected chi connectivity index (χ4v) is 12.7. The largest absolute Gasteiger partial charge is 0.416 e. The molecule has 0 amide bonds. The average molecular weight is 1110 g/mol. The molecular weight excluding hydrogens is 1060 g/mol. The van der Waals surface area contributed by atoms with Crippen molar-refractivity contribution in [1.82, 2.24) is 33.2 Å². The molecule has 0 spiro atoms. The lowest BCUT2D eigenvalue weighted by Gasteiger charge is -2.19. The van der Waals surface area contributed by atoms with Crippen LogP contribution in [0.15, 0.2) is 249 Å². The average Bonchev–Trinajstić information content (AvgIpc) is 1.70. The van der Waals surface area contributed by atoms with Gasteiger partial charge in [0.1, 0.15) is 0 Å². The number of nitrogens with zero attached hydrogens (tertiary/aromatic N) is 7. The van der Waals surface area contributed by atoms with Crippen molar-refractivity contribution in [2.24, 2.45) is 0 Å². The maximum Gasteiger partial charge on any atom is 0.416 e. The Kier molecular flexibility index (Phi) is 10.7. The Bertz CT molecular complexity index is 5030. The van der Waals surface area contributed by atoms with Gasteiger partial charge < -0.3 is 18.3 Å². The summed E-state index contributed by atoms with van der Waals surface area (Å²) < 4.78 is 101. The molecule has 16 aromatic rings. The summed E-state index contributed by atoms with van der Waals surface area (Å²) >= 11 is 0. The van der Waals surface area contributed by atoms with E-state index in [1.807, 2.05) is 155 Å². The van der Waals surface area contributed by atoms with Crippen molar-refractivity contribution in [2.75, 3.05) is 0 Å². The first-order valence-corrected chi connectivity index (χ1v) is 27.2. The molecule has 0 bridgehead atoms. The predicted molar refractivity (Wildman–Crippen MR) is 323 cm³/mol. The summed E-state index contributed by atoms with van der Waals surface area (Å²) in [6.07, 6.45) is -9.67. The summed E-state index contributed by atoms with van der Waals surface area (Å²) in [5.74, 6) is -0.359. The third-order valence-electron chi connectivity index (χ3n) is 16.2. The molecule has 0 radical (unpaired) electrons. The van der Waals surface area contributed by atoms with Crippen LogP contribution in [0.5, 0.6) is 0 Å². The number of rotatable bonds is 7. The van der Waals surface area contributed by atoms with Gasteiger partial charge in [0.2, 0.25) is 0 Å². The lowest BCUT2D eigenvalue weighted by atomic mass is 10.0. The molecule has 0 atom stereocenters. The zero-order chi connectivity index (χ0) is 56.6. The quantitative estimate of drug-likeness (QED) is 0.149. The molecule has 16 rings (SSSR count). The molecule has 0 saturated heterocycles. The van der Waals surface area contributed by atoms with Crippen molar-refractivity contribution in [3.05, 3.63) is 260 Å². The highest BCUT2D eigenvalue weighted by Crippen LogP contribution is 2.47. The molecule has 402 valence electrons. The lowest BCUT2D eigenvalue weighted by molar-refractivity contribution is -0.138. The number of hydrogen-bond acceptors (Lipinski definition) is 3. The smallest absolute Gasteiger partial charge is 0.307 e. The molecule has 0 aliphatic carbocycles.